The SMILES string of the molecule is [C-]#[N+]c1ccc(-n2ncc(Br)c2-c2c(C)n(-c3cccc(C(F)(F)F)c3)c(=O)n(C)c2=O)cc1. The van der Waals surface area contributed by atoms with E-state index in [1.54, 1.807) is 24.3 Å². The lowest BCUT2D eigenvalue weighted by Crippen LogP contribution is -2.40. The van der Waals surface area contributed by atoms with Gasteiger partial charge in [-0.3, -0.25) is 13.9 Å². The monoisotopic (exact) mass is 529 g/mol. The maximum atomic E-state index is 13.3. The Morgan fingerprint density at radius 1 is 1.06 bits per heavy atom. The number of rotatable bonds is 3. The van der Waals surface area contributed by atoms with Gasteiger partial charge in [0.05, 0.1) is 45.4 Å². The number of alkyl halides is 3. The van der Waals surface area contributed by atoms with Crippen molar-refractivity contribution in [1.29, 1.82) is 0 Å². The molecule has 0 aliphatic heterocycles. The first kappa shape index (κ1) is 23.3. The van der Waals surface area contributed by atoms with Crippen molar-refractivity contribution in [2.75, 3.05) is 0 Å². The van der Waals surface area contributed by atoms with Crippen LogP contribution in [0.1, 0.15) is 11.3 Å². The molecule has 172 valence electrons. The third-order valence-corrected chi connectivity index (χ3v) is 5.89. The van der Waals surface area contributed by atoms with Gasteiger partial charge in [0.1, 0.15) is 0 Å². The van der Waals surface area contributed by atoms with E-state index in [-0.39, 0.29) is 16.9 Å². The van der Waals surface area contributed by atoms with Crippen LogP contribution in [0, 0.1) is 13.5 Å². The smallest absolute Gasteiger partial charge is 0.268 e. The lowest BCUT2D eigenvalue weighted by Gasteiger charge is -2.18. The molecule has 0 fully saturated rings. The highest BCUT2D eigenvalue weighted by molar-refractivity contribution is 9.10. The van der Waals surface area contributed by atoms with E-state index in [0.717, 1.165) is 21.3 Å². The summed E-state index contributed by atoms with van der Waals surface area (Å²) in [5.74, 6) is 0. The van der Waals surface area contributed by atoms with Gasteiger partial charge in [0.25, 0.3) is 5.56 Å². The van der Waals surface area contributed by atoms with E-state index in [4.69, 9.17) is 6.57 Å². The van der Waals surface area contributed by atoms with Crippen molar-refractivity contribution in [3.05, 3.63) is 103 Å². The third kappa shape index (κ3) is 3.86. The fraction of sp³-hybridized carbons (Fsp3) is 0.130. The predicted molar refractivity (Wildman–Crippen MR) is 124 cm³/mol. The second-order valence-electron chi connectivity index (χ2n) is 7.37. The molecule has 0 aliphatic carbocycles. The predicted octanol–water partition coefficient (Wildman–Crippen LogP) is 5.03. The summed E-state index contributed by atoms with van der Waals surface area (Å²) in [5, 5.41) is 4.31. The van der Waals surface area contributed by atoms with Gasteiger partial charge in [-0.2, -0.15) is 18.3 Å². The van der Waals surface area contributed by atoms with Gasteiger partial charge >= 0.3 is 11.9 Å². The Bertz CT molecular complexity index is 1570. The van der Waals surface area contributed by atoms with Crippen molar-refractivity contribution < 1.29 is 13.2 Å². The molecule has 2 aromatic carbocycles. The number of aromatic nitrogens is 4. The standard InChI is InChI=1S/C23H15BrF3N5O2/c1-13-19(20-18(24)12-29-32(20)16-9-7-15(28-2)8-10-16)21(33)30(3)22(34)31(13)17-6-4-5-14(11-17)23(25,26)27/h4-12H,1,3H3. The van der Waals surface area contributed by atoms with Crippen molar-refractivity contribution in [3.63, 3.8) is 0 Å². The van der Waals surface area contributed by atoms with E-state index < -0.39 is 23.0 Å². The minimum atomic E-state index is -4.60. The molecule has 0 N–H and O–H groups in total. The van der Waals surface area contributed by atoms with E-state index in [0.29, 0.717) is 21.5 Å². The van der Waals surface area contributed by atoms with Crippen LogP contribution in [0.15, 0.2) is 68.8 Å². The van der Waals surface area contributed by atoms with Crippen LogP contribution in [-0.4, -0.2) is 18.9 Å². The largest absolute Gasteiger partial charge is 0.416 e. The van der Waals surface area contributed by atoms with Gasteiger partial charge in [-0.25, -0.2) is 14.3 Å². The quantitative estimate of drug-likeness (QED) is 0.349. The third-order valence-electron chi connectivity index (χ3n) is 5.31. The lowest BCUT2D eigenvalue weighted by atomic mass is 10.1. The highest BCUT2D eigenvalue weighted by Gasteiger charge is 2.31. The molecular weight excluding hydrogens is 515 g/mol. The van der Waals surface area contributed by atoms with Crippen molar-refractivity contribution in [3.8, 4) is 22.6 Å². The summed E-state index contributed by atoms with van der Waals surface area (Å²) in [7, 11) is 1.26. The highest BCUT2D eigenvalue weighted by Crippen LogP contribution is 2.33. The van der Waals surface area contributed by atoms with E-state index in [1.165, 1.54) is 37.0 Å². The van der Waals surface area contributed by atoms with Crippen LogP contribution in [0.2, 0.25) is 0 Å². The number of hydrogen-bond donors (Lipinski definition) is 0. The van der Waals surface area contributed by atoms with Crippen LogP contribution in [0.3, 0.4) is 0 Å². The average molecular weight is 530 g/mol. The molecule has 0 spiro atoms. The fourth-order valence-electron chi connectivity index (χ4n) is 3.63. The first-order valence-electron chi connectivity index (χ1n) is 9.76. The summed E-state index contributed by atoms with van der Waals surface area (Å²) in [4.78, 5) is 29.6. The minimum Gasteiger partial charge on any atom is -0.268 e. The molecule has 4 aromatic rings. The second-order valence-corrected chi connectivity index (χ2v) is 8.23. The van der Waals surface area contributed by atoms with Gasteiger partial charge in [-0.1, -0.05) is 18.2 Å². The average Bonchev–Trinajstić information content (AvgIpc) is 3.18. The molecule has 0 unspecified atom stereocenters. The van der Waals surface area contributed by atoms with E-state index in [2.05, 4.69) is 25.9 Å². The number of halogens is 4. The fourth-order valence-corrected chi connectivity index (χ4v) is 4.09. The molecule has 11 heteroatoms. The lowest BCUT2D eigenvalue weighted by molar-refractivity contribution is -0.137. The number of nitrogens with zero attached hydrogens (tertiary/aromatic N) is 5. The van der Waals surface area contributed by atoms with Gasteiger partial charge in [-0.15, -0.1) is 0 Å². The minimum absolute atomic E-state index is 0.0298. The van der Waals surface area contributed by atoms with Crippen molar-refractivity contribution in [2.24, 2.45) is 7.05 Å². The Hall–Kier alpha value is -3.91. The van der Waals surface area contributed by atoms with E-state index in [1.807, 2.05) is 0 Å². The molecule has 0 saturated heterocycles. The molecular formula is C23H15BrF3N5O2. The summed E-state index contributed by atoms with van der Waals surface area (Å²) in [5.41, 5.74) is -0.857. The Morgan fingerprint density at radius 2 is 1.74 bits per heavy atom. The summed E-state index contributed by atoms with van der Waals surface area (Å²) < 4.78 is 43.7. The first-order valence-corrected chi connectivity index (χ1v) is 10.6. The van der Waals surface area contributed by atoms with Gasteiger partial charge < -0.3 is 0 Å². The van der Waals surface area contributed by atoms with Crippen molar-refractivity contribution >= 4 is 21.6 Å². The van der Waals surface area contributed by atoms with Crippen molar-refractivity contribution in [1.82, 2.24) is 18.9 Å². The van der Waals surface area contributed by atoms with Gasteiger partial charge in [0.15, 0.2) is 5.69 Å². The molecule has 0 aliphatic rings. The van der Waals surface area contributed by atoms with Gasteiger partial charge in [-0.05, 0) is 53.2 Å². The van der Waals surface area contributed by atoms with E-state index >= 15 is 0 Å². The molecule has 0 radical (unpaired) electrons. The molecule has 34 heavy (non-hydrogen) atoms. The van der Waals surface area contributed by atoms with Crippen LogP contribution in [0.25, 0.3) is 27.5 Å². The maximum absolute atomic E-state index is 13.3. The topological polar surface area (TPSA) is 66.2 Å². The second kappa shape index (κ2) is 8.46. The summed E-state index contributed by atoms with van der Waals surface area (Å²) in [6.07, 6.45) is -3.13. The summed E-state index contributed by atoms with van der Waals surface area (Å²) >= 11 is 3.39. The molecule has 0 amide bonds. The zero-order chi connectivity index (χ0) is 24.8. The highest BCUT2D eigenvalue weighted by atomic mass is 79.9. The van der Waals surface area contributed by atoms with Gasteiger partial charge in [0.2, 0.25) is 0 Å². The Balaban J connectivity index is 2.02. The molecule has 7 nitrogen and oxygen atoms in total. The van der Waals surface area contributed by atoms with Crippen LogP contribution in [-0.2, 0) is 13.2 Å². The summed E-state index contributed by atoms with van der Waals surface area (Å²) in [6, 6.07) is 10.8. The molecule has 2 aromatic heterocycles. The van der Waals surface area contributed by atoms with Crippen LogP contribution in [0.5, 0.6) is 0 Å². The van der Waals surface area contributed by atoms with Crippen LogP contribution in [0.4, 0.5) is 18.9 Å². The molecule has 2 heterocycles. The zero-order valence-electron chi connectivity index (χ0n) is 17.8. The maximum Gasteiger partial charge on any atom is 0.416 e. The molecule has 4 rings (SSSR count). The van der Waals surface area contributed by atoms with Crippen LogP contribution >= 0.6 is 15.9 Å². The molecule has 0 bridgehead atoms. The van der Waals surface area contributed by atoms with Gasteiger partial charge in [0, 0.05) is 12.7 Å². The Morgan fingerprint density at radius 3 is 2.35 bits per heavy atom. The van der Waals surface area contributed by atoms with Crippen LogP contribution < -0.4 is 11.2 Å². The number of hydrogen-bond acceptors (Lipinski definition) is 3. The number of benzene rings is 2. The molecule has 0 saturated carbocycles. The van der Waals surface area contributed by atoms with E-state index in [9.17, 15) is 22.8 Å². The Kier molecular flexibility index (Phi) is 5.79. The Labute approximate surface area is 199 Å². The zero-order valence-corrected chi connectivity index (χ0v) is 19.3. The molecule has 0 atom stereocenters. The van der Waals surface area contributed by atoms with Crippen molar-refractivity contribution in [2.45, 2.75) is 13.1 Å². The summed E-state index contributed by atoms with van der Waals surface area (Å²) in [6.45, 7) is 8.60. The normalized spacial score (nSPS) is 11.4. The first-order chi connectivity index (χ1) is 16.0.